The van der Waals surface area contributed by atoms with Crippen LogP contribution in [0.15, 0.2) is 0 Å². The van der Waals surface area contributed by atoms with Crippen LogP contribution in [0.25, 0.3) is 0 Å². The Hall–Kier alpha value is -0.650. The molecular formula is C12H24N4O. The maximum Gasteiger partial charge on any atom is 0.231 e. The van der Waals surface area contributed by atoms with Crippen LogP contribution in [0.1, 0.15) is 32.1 Å². The molecule has 2 atom stereocenters. The molecule has 98 valence electrons. The maximum absolute atomic E-state index is 10.8. The Morgan fingerprint density at radius 1 is 1.18 bits per heavy atom. The van der Waals surface area contributed by atoms with Crippen LogP contribution in [-0.4, -0.2) is 48.6 Å². The summed E-state index contributed by atoms with van der Waals surface area (Å²) in [5, 5.41) is 3.70. The van der Waals surface area contributed by atoms with Gasteiger partial charge in [0.2, 0.25) is 5.91 Å². The topological polar surface area (TPSA) is 84.4 Å². The summed E-state index contributed by atoms with van der Waals surface area (Å²) in [5.41, 5.74) is 11.1. The molecule has 2 aliphatic rings. The van der Waals surface area contributed by atoms with Gasteiger partial charge in [0, 0.05) is 31.2 Å². The van der Waals surface area contributed by atoms with E-state index in [4.69, 9.17) is 11.5 Å². The van der Waals surface area contributed by atoms with Crippen molar-refractivity contribution >= 4 is 5.91 Å². The minimum Gasteiger partial charge on any atom is -0.369 e. The van der Waals surface area contributed by atoms with E-state index in [1.54, 1.807) is 0 Å². The number of nitrogens with zero attached hydrogens (tertiary/aromatic N) is 1. The quantitative estimate of drug-likeness (QED) is 0.613. The molecule has 2 unspecified atom stereocenters. The summed E-state index contributed by atoms with van der Waals surface area (Å²) in [6.45, 7) is 2.35. The number of carbonyl (C=O) groups excluding carboxylic acids is 1. The standard InChI is InChI=1S/C12H24N4O/c13-9-1-2-11(7-9)15-10-3-5-16(6-4-10)8-12(14)17/h9-11,15H,1-8,13H2,(H2,14,17). The Morgan fingerprint density at radius 3 is 2.41 bits per heavy atom. The van der Waals surface area contributed by atoms with E-state index in [2.05, 4.69) is 10.2 Å². The van der Waals surface area contributed by atoms with E-state index in [9.17, 15) is 4.79 Å². The summed E-state index contributed by atoms with van der Waals surface area (Å²) in [4.78, 5) is 13.0. The zero-order valence-corrected chi connectivity index (χ0v) is 10.4. The van der Waals surface area contributed by atoms with Crippen LogP contribution in [0.5, 0.6) is 0 Å². The molecule has 1 saturated carbocycles. The van der Waals surface area contributed by atoms with Crippen molar-refractivity contribution in [3.05, 3.63) is 0 Å². The molecule has 0 radical (unpaired) electrons. The van der Waals surface area contributed by atoms with E-state index in [1.165, 1.54) is 6.42 Å². The monoisotopic (exact) mass is 240 g/mol. The van der Waals surface area contributed by atoms with Gasteiger partial charge in [-0.25, -0.2) is 0 Å². The molecule has 0 bridgehead atoms. The number of rotatable bonds is 4. The molecule has 0 aromatic rings. The van der Waals surface area contributed by atoms with Crippen LogP contribution in [0.3, 0.4) is 0 Å². The summed E-state index contributed by atoms with van der Waals surface area (Å²) in [6.07, 6.45) is 5.69. The fourth-order valence-electron chi connectivity index (χ4n) is 2.98. The molecule has 5 nitrogen and oxygen atoms in total. The molecule has 1 saturated heterocycles. The second kappa shape index (κ2) is 5.80. The van der Waals surface area contributed by atoms with Crippen molar-refractivity contribution in [1.82, 2.24) is 10.2 Å². The van der Waals surface area contributed by atoms with Gasteiger partial charge >= 0.3 is 0 Å². The number of primary amides is 1. The van der Waals surface area contributed by atoms with E-state index in [0.29, 0.717) is 24.7 Å². The summed E-state index contributed by atoms with van der Waals surface area (Å²) >= 11 is 0. The van der Waals surface area contributed by atoms with Gasteiger partial charge in [-0.2, -0.15) is 0 Å². The van der Waals surface area contributed by atoms with Gasteiger partial charge in [0.05, 0.1) is 6.54 Å². The highest BCUT2D eigenvalue weighted by Crippen LogP contribution is 2.20. The normalized spacial score (nSPS) is 31.8. The third-order valence-electron chi connectivity index (χ3n) is 3.91. The average Bonchev–Trinajstić information content (AvgIpc) is 2.66. The highest BCUT2D eigenvalue weighted by atomic mass is 16.1. The predicted octanol–water partition coefficient (Wildman–Crippen LogP) is -0.594. The molecule has 0 aromatic heterocycles. The Morgan fingerprint density at radius 2 is 1.88 bits per heavy atom. The molecule has 1 amide bonds. The van der Waals surface area contributed by atoms with Gasteiger partial charge < -0.3 is 16.8 Å². The van der Waals surface area contributed by atoms with Crippen LogP contribution in [0, 0.1) is 0 Å². The van der Waals surface area contributed by atoms with Gasteiger partial charge in [0.25, 0.3) is 0 Å². The fraction of sp³-hybridized carbons (Fsp3) is 0.917. The first-order chi connectivity index (χ1) is 8.13. The van der Waals surface area contributed by atoms with Gasteiger partial charge in [-0.1, -0.05) is 0 Å². The summed E-state index contributed by atoms with van der Waals surface area (Å²) in [6, 6.07) is 1.59. The molecular weight excluding hydrogens is 216 g/mol. The fourth-order valence-corrected chi connectivity index (χ4v) is 2.98. The largest absolute Gasteiger partial charge is 0.369 e. The van der Waals surface area contributed by atoms with Gasteiger partial charge in [0.1, 0.15) is 0 Å². The lowest BCUT2D eigenvalue weighted by Gasteiger charge is -2.33. The van der Waals surface area contributed by atoms with Gasteiger partial charge in [-0.15, -0.1) is 0 Å². The van der Waals surface area contributed by atoms with E-state index < -0.39 is 0 Å². The number of piperidine rings is 1. The maximum atomic E-state index is 10.8. The molecule has 1 aliphatic carbocycles. The highest BCUT2D eigenvalue weighted by molar-refractivity contribution is 5.75. The van der Waals surface area contributed by atoms with Crippen LogP contribution in [0.2, 0.25) is 0 Å². The van der Waals surface area contributed by atoms with Crippen LogP contribution >= 0.6 is 0 Å². The molecule has 17 heavy (non-hydrogen) atoms. The lowest BCUT2D eigenvalue weighted by atomic mass is 10.0. The number of carbonyl (C=O) groups is 1. The molecule has 1 heterocycles. The summed E-state index contributed by atoms with van der Waals surface area (Å²) < 4.78 is 0. The van der Waals surface area contributed by atoms with Crippen molar-refractivity contribution in [2.75, 3.05) is 19.6 Å². The van der Waals surface area contributed by atoms with Crippen LogP contribution in [-0.2, 0) is 4.79 Å². The van der Waals surface area contributed by atoms with E-state index in [0.717, 1.165) is 38.8 Å². The van der Waals surface area contributed by atoms with E-state index >= 15 is 0 Å². The van der Waals surface area contributed by atoms with Crippen LogP contribution < -0.4 is 16.8 Å². The summed E-state index contributed by atoms with van der Waals surface area (Å²) in [7, 11) is 0. The molecule has 0 spiro atoms. The lowest BCUT2D eigenvalue weighted by Crippen LogP contribution is -2.47. The van der Waals surface area contributed by atoms with E-state index in [-0.39, 0.29) is 5.91 Å². The van der Waals surface area contributed by atoms with Gasteiger partial charge in [-0.3, -0.25) is 9.69 Å². The average molecular weight is 240 g/mol. The van der Waals surface area contributed by atoms with Crippen molar-refractivity contribution in [3.8, 4) is 0 Å². The zero-order valence-electron chi connectivity index (χ0n) is 10.4. The second-order valence-electron chi connectivity index (χ2n) is 5.45. The first-order valence-electron chi connectivity index (χ1n) is 6.66. The van der Waals surface area contributed by atoms with Crippen molar-refractivity contribution in [3.63, 3.8) is 0 Å². The Kier molecular flexibility index (Phi) is 4.36. The number of hydrogen-bond acceptors (Lipinski definition) is 4. The number of hydrogen-bond donors (Lipinski definition) is 3. The van der Waals surface area contributed by atoms with Gasteiger partial charge in [-0.05, 0) is 32.1 Å². The minimum atomic E-state index is -0.224. The van der Waals surface area contributed by atoms with E-state index in [1.807, 2.05) is 0 Å². The second-order valence-corrected chi connectivity index (χ2v) is 5.45. The molecule has 5 N–H and O–H groups in total. The Labute approximate surface area is 103 Å². The molecule has 2 fully saturated rings. The number of amides is 1. The summed E-state index contributed by atoms with van der Waals surface area (Å²) in [5.74, 6) is -0.224. The lowest BCUT2D eigenvalue weighted by molar-refractivity contribution is -0.119. The number of likely N-dealkylation sites (tertiary alicyclic amines) is 1. The van der Waals surface area contributed by atoms with Gasteiger partial charge in [0.15, 0.2) is 0 Å². The van der Waals surface area contributed by atoms with Crippen molar-refractivity contribution in [2.24, 2.45) is 11.5 Å². The first kappa shape index (κ1) is 12.8. The molecule has 2 rings (SSSR count). The minimum absolute atomic E-state index is 0.224. The van der Waals surface area contributed by atoms with Crippen LogP contribution in [0.4, 0.5) is 0 Å². The number of nitrogens with two attached hydrogens (primary N) is 2. The smallest absolute Gasteiger partial charge is 0.231 e. The Balaban J connectivity index is 1.67. The van der Waals surface area contributed by atoms with Crippen molar-refractivity contribution < 1.29 is 4.79 Å². The Bertz CT molecular complexity index is 263. The SMILES string of the molecule is NC(=O)CN1CCC(NC2CCC(N)C2)CC1. The van der Waals surface area contributed by atoms with Crippen molar-refractivity contribution in [1.29, 1.82) is 0 Å². The predicted molar refractivity (Wildman–Crippen MR) is 67.4 cm³/mol. The number of nitrogens with one attached hydrogen (secondary N) is 1. The third kappa shape index (κ3) is 3.94. The first-order valence-corrected chi connectivity index (χ1v) is 6.66. The molecule has 5 heteroatoms. The molecule has 1 aliphatic heterocycles. The third-order valence-corrected chi connectivity index (χ3v) is 3.91. The highest BCUT2D eigenvalue weighted by Gasteiger charge is 2.26. The zero-order chi connectivity index (χ0) is 12.3. The molecule has 0 aromatic carbocycles. The van der Waals surface area contributed by atoms with Crippen molar-refractivity contribution in [2.45, 2.75) is 50.2 Å².